The maximum absolute atomic E-state index is 12.6. The van der Waals surface area contributed by atoms with Crippen LogP contribution in [0.5, 0.6) is 0 Å². The summed E-state index contributed by atoms with van der Waals surface area (Å²) < 4.78 is 30.0. The van der Waals surface area contributed by atoms with Gasteiger partial charge in [-0.15, -0.1) is 0 Å². The van der Waals surface area contributed by atoms with E-state index in [2.05, 4.69) is 19.3 Å². The SMILES string of the molecule is Cc1ccc(S(=O)(=O)NCc2nc3cccnc3n2C2CC2)cc1C. The van der Waals surface area contributed by atoms with E-state index in [1.165, 1.54) is 0 Å². The van der Waals surface area contributed by atoms with Crippen LogP contribution in [0.2, 0.25) is 0 Å². The maximum Gasteiger partial charge on any atom is 0.240 e. The first-order valence-electron chi connectivity index (χ1n) is 8.34. The van der Waals surface area contributed by atoms with Crippen molar-refractivity contribution in [3.05, 3.63) is 53.5 Å². The number of hydrogen-bond acceptors (Lipinski definition) is 4. The Hall–Kier alpha value is -2.25. The molecule has 1 N–H and O–H groups in total. The van der Waals surface area contributed by atoms with Crippen LogP contribution in [0, 0.1) is 13.8 Å². The Labute approximate surface area is 147 Å². The monoisotopic (exact) mass is 356 g/mol. The molecule has 130 valence electrons. The minimum atomic E-state index is -3.58. The first kappa shape index (κ1) is 16.2. The first-order chi connectivity index (χ1) is 12.0. The zero-order valence-corrected chi connectivity index (χ0v) is 15.0. The summed E-state index contributed by atoms with van der Waals surface area (Å²) in [5.74, 6) is 0.712. The second kappa shape index (κ2) is 5.93. The zero-order valence-electron chi connectivity index (χ0n) is 14.2. The van der Waals surface area contributed by atoms with Gasteiger partial charge in [-0.25, -0.2) is 23.1 Å². The van der Waals surface area contributed by atoms with Gasteiger partial charge in [0.05, 0.1) is 11.4 Å². The number of benzene rings is 1. The average molecular weight is 356 g/mol. The Balaban J connectivity index is 1.63. The predicted octanol–water partition coefficient (Wildman–Crippen LogP) is 2.86. The lowest BCUT2D eigenvalue weighted by molar-refractivity contribution is 0.575. The quantitative estimate of drug-likeness (QED) is 0.763. The second-order valence-electron chi connectivity index (χ2n) is 6.55. The number of rotatable bonds is 5. The normalized spacial score (nSPS) is 15.0. The standard InChI is InChI=1S/C18H20N4O2S/c1-12-5-8-15(10-13(12)2)25(23,24)20-11-17-21-16-4-3-9-19-18(16)22(17)14-6-7-14/h3-5,8-10,14,20H,6-7,11H2,1-2H3. The van der Waals surface area contributed by atoms with Crippen molar-refractivity contribution in [3.8, 4) is 0 Å². The summed E-state index contributed by atoms with van der Waals surface area (Å²) in [6, 6.07) is 9.28. The van der Waals surface area contributed by atoms with Gasteiger partial charge in [0.1, 0.15) is 11.3 Å². The molecule has 0 aliphatic heterocycles. The summed E-state index contributed by atoms with van der Waals surface area (Å²) in [6.45, 7) is 4.03. The fourth-order valence-corrected chi connectivity index (χ4v) is 4.01. The van der Waals surface area contributed by atoms with Gasteiger partial charge in [-0.05, 0) is 62.1 Å². The van der Waals surface area contributed by atoms with E-state index in [1.54, 1.807) is 18.3 Å². The Morgan fingerprint density at radius 1 is 1.20 bits per heavy atom. The third-order valence-electron chi connectivity index (χ3n) is 4.64. The van der Waals surface area contributed by atoms with Gasteiger partial charge in [0.2, 0.25) is 10.0 Å². The van der Waals surface area contributed by atoms with Crippen LogP contribution < -0.4 is 4.72 Å². The highest BCUT2D eigenvalue weighted by Gasteiger charge is 2.29. The summed E-state index contributed by atoms with van der Waals surface area (Å²) in [5.41, 5.74) is 3.65. The second-order valence-corrected chi connectivity index (χ2v) is 8.31. The fourth-order valence-electron chi connectivity index (χ4n) is 2.94. The van der Waals surface area contributed by atoms with E-state index >= 15 is 0 Å². The molecule has 1 saturated carbocycles. The van der Waals surface area contributed by atoms with Crippen LogP contribution in [0.15, 0.2) is 41.4 Å². The first-order valence-corrected chi connectivity index (χ1v) is 9.83. The van der Waals surface area contributed by atoms with Crippen molar-refractivity contribution in [2.45, 2.75) is 44.2 Å². The molecule has 1 aromatic carbocycles. The number of sulfonamides is 1. The highest BCUT2D eigenvalue weighted by molar-refractivity contribution is 7.89. The molecule has 0 unspecified atom stereocenters. The Bertz CT molecular complexity index is 1050. The number of pyridine rings is 1. The lowest BCUT2D eigenvalue weighted by Gasteiger charge is -2.10. The number of aromatic nitrogens is 3. The van der Waals surface area contributed by atoms with Gasteiger partial charge in [0.25, 0.3) is 0 Å². The molecule has 2 heterocycles. The summed E-state index contributed by atoms with van der Waals surface area (Å²) in [4.78, 5) is 9.27. The van der Waals surface area contributed by atoms with Crippen LogP contribution in [0.3, 0.4) is 0 Å². The lowest BCUT2D eigenvalue weighted by Crippen LogP contribution is -2.25. The molecule has 1 aliphatic carbocycles. The Morgan fingerprint density at radius 2 is 2.00 bits per heavy atom. The fraction of sp³-hybridized carbons (Fsp3) is 0.333. The van der Waals surface area contributed by atoms with E-state index < -0.39 is 10.0 Å². The van der Waals surface area contributed by atoms with Crippen LogP contribution in [0.1, 0.15) is 35.8 Å². The van der Waals surface area contributed by atoms with E-state index in [-0.39, 0.29) is 11.4 Å². The molecular formula is C18H20N4O2S. The predicted molar refractivity (Wildman–Crippen MR) is 95.7 cm³/mol. The number of nitrogens with one attached hydrogen (secondary N) is 1. The number of fused-ring (bicyclic) bond motifs is 1. The third-order valence-corrected chi connectivity index (χ3v) is 6.04. The molecule has 2 aromatic heterocycles. The van der Waals surface area contributed by atoms with E-state index in [4.69, 9.17) is 0 Å². The third kappa shape index (κ3) is 3.05. The van der Waals surface area contributed by atoms with Crippen molar-refractivity contribution >= 4 is 21.2 Å². The van der Waals surface area contributed by atoms with Crippen LogP contribution >= 0.6 is 0 Å². The molecule has 0 bridgehead atoms. The van der Waals surface area contributed by atoms with Gasteiger partial charge in [0, 0.05) is 12.2 Å². The van der Waals surface area contributed by atoms with Crippen molar-refractivity contribution < 1.29 is 8.42 Å². The van der Waals surface area contributed by atoms with Gasteiger partial charge in [0.15, 0.2) is 5.65 Å². The molecule has 7 heteroatoms. The van der Waals surface area contributed by atoms with E-state index in [0.717, 1.165) is 35.1 Å². The Morgan fingerprint density at radius 3 is 2.72 bits per heavy atom. The van der Waals surface area contributed by atoms with Crippen molar-refractivity contribution in [2.24, 2.45) is 0 Å². The molecule has 0 atom stereocenters. The number of hydrogen-bond donors (Lipinski definition) is 1. The van der Waals surface area contributed by atoms with Gasteiger partial charge < -0.3 is 4.57 Å². The molecule has 0 amide bonds. The summed E-state index contributed by atoms with van der Waals surface area (Å²) in [5, 5.41) is 0. The highest BCUT2D eigenvalue weighted by atomic mass is 32.2. The molecule has 1 fully saturated rings. The van der Waals surface area contributed by atoms with Crippen molar-refractivity contribution in [1.29, 1.82) is 0 Å². The number of imidazole rings is 1. The molecule has 4 rings (SSSR count). The molecule has 0 saturated heterocycles. The van der Waals surface area contributed by atoms with Crippen molar-refractivity contribution in [2.75, 3.05) is 0 Å². The van der Waals surface area contributed by atoms with Crippen molar-refractivity contribution in [1.82, 2.24) is 19.3 Å². The maximum atomic E-state index is 12.6. The van der Waals surface area contributed by atoms with E-state index in [1.807, 2.05) is 32.0 Å². The molecule has 0 radical (unpaired) electrons. The largest absolute Gasteiger partial charge is 0.308 e. The van der Waals surface area contributed by atoms with Crippen LogP contribution in [-0.2, 0) is 16.6 Å². The molecular weight excluding hydrogens is 336 g/mol. The van der Waals surface area contributed by atoms with Crippen molar-refractivity contribution in [3.63, 3.8) is 0 Å². The van der Waals surface area contributed by atoms with Gasteiger partial charge in [-0.1, -0.05) is 6.07 Å². The topological polar surface area (TPSA) is 76.9 Å². The zero-order chi connectivity index (χ0) is 17.6. The van der Waals surface area contributed by atoms with Gasteiger partial charge in [-0.3, -0.25) is 0 Å². The van der Waals surface area contributed by atoms with Crippen LogP contribution in [0.25, 0.3) is 11.2 Å². The van der Waals surface area contributed by atoms with E-state index in [9.17, 15) is 8.42 Å². The van der Waals surface area contributed by atoms with Crippen LogP contribution in [0.4, 0.5) is 0 Å². The lowest BCUT2D eigenvalue weighted by atomic mass is 10.1. The minimum Gasteiger partial charge on any atom is -0.308 e. The molecule has 25 heavy (non-hydrogen) atoms. The summed E-state index contributed by atoms with van der Waals surface area (Å²) >= 11 is 0. The molecule has 0 spiro atoms. The smallest absolute Gasteiger partial charge is 0.240 e. The number of aryl methyl sites for hydroxylation is 2. The van der Waals surface area contributed by atoms with E-state index in [0.29, 0.717) is 11.9 Å². The average Bonchev–Trinajstić information content (AvgIpc) is 3.35. The highest BCUT2D eigenvalue weighted by Crippen LogP contribution is 2.38. The van der Waals surface area contributed by atoms with Gasteiger partial charge >= 0.3 is 0 Å². The Kier molecular flexibility index (Phi) is 3.85. The summed E-state index contributed by atoms with van der Waals surface area (Å²) in [6.07, 6.45) is 3.91. The number of nitrogens with zero attached hydrogens (tertiary/aromatic N) is 3. The minimum absolute atomic E-state index is 0.155. The van der Waals surface area contributed by atoms with Crippen LogP contribution in [-0.4, -0.2) is 23.0 Å². The summed E-state index contributed by atoms with van der Waals surface area (Å²) in [7, 11) is -3.58. The van der Waals surface area contributed by atoms with Gasteiger partial charge in [-0.2, -0.15) is 0 Å². The molecule has 6 nitrogen and oxygen atoms in total. The molecule has 3 aromatic rings. The molecule has 1 aliphatic rings.